The van der Waals surface area contributed by atoms with Crippen LogP contribution in [0.4, 0.5) is 0 Å². The van der Waals surface area contributed by atoms with Crippen molar-refractivity contribution >= 4 is 15.9 Å². The lowest BCUT2D eigenvalue weighted by Gasteiger charge is -2.12. The monoisotopic (exact) mass is 257 g/mol. The Morgan fingerprint density at radius 2 is 2.07 bits per heavy atom. The minimum absolute atomic E-state index is 0.310. The third-order valence-corrected chi connectivity index (χ3v) is 3.64. The van der Waals surface area contributed by atoms with Crippen LogP contribution in [0.1, 0.15) is 16.7 Å². The van der Waals surface area contributed by atoms with E-state index in [1.165, 1.54) is 11.1 Å². The molecule has 1 rings (SSSR count). The predicted molar refractivity (Wildman–Crippen MR) is 62.4 cm³/mol. The highest BCUT2D eigenvalue weighted by Crippen LogP contribution is 2.24. The Labute approximate surface area is 93.3 Å². The fourth-order valence-corrected chi connectivity index (χ4v) is 1.81. The number of hydrogen-bond donors (Lipinski definition) is 2. The molecule has 0 saturated heterocycles. The van der Waals surface area contributed by atoms with Crippen molar-refractivity contribution in [3.63, 3.8) is 0 Å². The molecular weight excluding hydrogens is 242 g/mol. The smallest absolute Gasteiger partial charge is 0.0702 e. The zero-order valence-electron chi connectivity index (χ0n) is 8.55. The second-order valence-corrected chi connectivity index (χ2v) is 4.37. The summed E-state index contributed by atoms with van der Waals surface area (Å²) in [5, 5.41) is 9.46. The lowest BCUT2D eigenvalue weighted by atomic mass is 10.0. The molecule has 2 nitrogen and oxygen atoms in total. The first kappa shape index (κ1) is 11.7. The average molecular weight is 258 g/mol. The van der Waals surface area contributed by atoms with Crippen molar-refractivity contribution in [3.05, 3.63) is 33.3 Å². The fraction of sp³-hybridized carbons (Fsp3) is 0.455. The van der Waals surface area contributed by atoms with Gasteiger partial charge in [0.1, 0.15) is 0 Å². The van der Waals surface area contributed by atoms with E-state index in [-0.39, 0.29) is 0 Å². The molecule has 0 aliphatic rings. The molecular formula is C11H16BrNO. The molecule has 0 fully saturated rings. The molecule has 1 aromatic rings. The summed E-state index contributed by atoms with van der Waals surface area (Å²) in [6.07, 6.45) is 0.185. The maximum Gasteiger partial charge on any atom is 0.0702 e. The quantitative estimate of drug-likeness (QED) is 0.870. The third kappa shape index (κ3) is 2.56. The zero-order chi connectivity index (χ0) is 10.7. The van der Waals surface area contributed by atoms with E-state index in [4.69, 9.17) is 5.73 Å². The molecule has 0 amide bonds. The second-order valence-electron chi connectivity index (χ2n) is 3.57. The molecule has 1 unspecified atom stereocenters. The van der Waals surface area contributed by atoms with Crippen LogP contribution in [0.2, 0.25) is 0 Å². The molecule has 0 aromatic heterocycles. The van der Waals surface area contributed by atoms with E-state index in [1.807, 2.05) is 6.07 Å². The number of aliphatic hydroxyl groups excluding tert-OH is 1. The number of halogens is 1. The van der Waals surface area contributed by atoms with E-state index in [9.17, 15) is 5.11 Å². The highest BCUT2D eigenvalue weighted by molar-refractivity contribution is 9.10. The third-order valence-electron chi connectivity index (χ3n) is 2.42. The average Bonchev–Trinajstić information content (AvgIpc) is 2.19. The molecule has 0 radical (unpaired) electrons. The Kier molecular flexibility index (Phi) is 4.11. The van der Waals surface area contributed by atoms with Crippen LogP contribution in [0.15, 0.2) is 16.6 Å². The molecule has 1 aromatic carbocycles. The minimum Gasteiger partial charge on any atom is -0.391 e. The van der Waals surface area contributed by atoms with E-state index < -0.39 is 6.10 Å². The summed E-state index contributed by atoms with van der Waals surface area (Å²) in [7, 11) is 0. The van der Waals surface area contributed by atoms with Crippen LogP contribution < -0.4 is 5.73 Å². The summed E-state index contributed by atoms with van der Waals surface area (Å²) in [4.78, 5) is 0. The maximum atomic E-state index is 9.46. The summed E-state index contributed by atoms with van der Waals surface area (Å²) < 4.78 is 1.12. The summed E-state index contributed by atoms with van der Waals surface area (Å²) in [6, 6.07) is 4.10. The molecule has 3 heteroatoms. The fourth-order valence-electron chi connectivity index (χ4n) is 1.42. The van der Waals surface area contributed by atoms with Crippen molar-refractivity contribution in [1.29, 1.82) is 0 Å². The molecule has 14 heavy (non-hydrogen) atoms. The van der Waals surface area contributed by atoms with Gasteiger partial charge in [0.2, 0.25) is 0 Å². The number of aliphatic hydroxyl groups is 1. The van der Waals surface area contributed by atoms with E-state index in [1.54, 1.807) is 0 Å². The van der Waals surface area contributed by atoms with Gasteiger partial charge in [-0.2, -0.15) is 0 Å². The van der Waals surface area contributed by atoms with Gasteiger partial charge in [0, 0.05) is 11.0 Å². The van der Waals surface area contributed by atoms with Crippen LogP contribution >= 0.6 is 15.9 Å². The van der Waals surface area contributed by atoms with E-state index in [0.717, 1.165) is 10.0 Å². The number of rotatable bonds is 3. The van der Waals surface area contributed by atoms with Crippen LogP contribution in [0, 0.1) is 13.8 Å². The van der Waals surface area contributed by atoms with Crippen LogP contribution in [0.25, 0.3) is 0 Å². The Bertz CT molecular complexity index is 325. The van der Waals surface area contributed by atoms with Gasteiger partial charge in [0.05, 0.1) is 6.10 Å². The molecule has 0 aliphatic heterocycles. The highest BCUT2D eigenvalue weighted by atomic mass is 79.9. The first-order valence-corrected chi connectivity index (χ1v) is 5.48. The van der Waals surface area contributed by atoms with Crippen molar-refractivity contribution < 1.29 is 5.11 Å². The molecule has 0 bridgehead atoms. The Morgan fingerprint density at radius 3 is 2.64 bits per heavy atom. The summed E-state index contributed by atoms with van der Waals surface area (Å²) in [6.45, 7) is 4.42. The van der Waals surface area contributed by atoms with E-state index >= 15 is 0 Å². The van der Waals surface area contributed by atoms with Crippen molar-refractivity contribution in [2.75, 3.05) is 6.54 Å². The molecule has 3 N–H and O–H groups in total. The SMILES string of the molecule is Cc1ccc(CC(O)CN)c(C)c1Br. The van der Waals surface area contributed by atoms with Gasteiger partial charge in [-0.25, -0.2) is 0 Å². The molecule has 0 aliphatic carbocycles. The number of aryl methyl sites for hydroxylation is 1. The van der Waals surface area contributed by atoms with Crippen LogP contribution in [-0.2, 0) is 6.42 Å². The molecule has 0 spiro atoms. The molecule has 0 saturated carbocycles. The highest BCUT2D eigenvalue weighted by Gasteiger charge is 2.08. The van der Waals surface area contributed by atoms with E-state index in [0.29, 0.717) is 13.0 Å². The molecule has 0 heterocycles. The normalized spacial score (nSPS) is 12.9. The van der Waals surface area contributed by atoms with Crippen LogP contribution in [0.3, 0.4) is 0 Å². The van der Waals surface area contributed by atoms with Crippen LogP contribution in [-0.4, -0.2) is 17.8 Å². The van der Waals surface area contributed by atoms with Gasteiger partial charge in [0.15, 0.2) is 0 Å². The molecule has 78 valence electrons. The van der Waals surface area contributed by atoms with Gasteiger partial charge < -0.3 is 10.8 Å². The van der Waals surface area contributed by atoms with Crippen molar-refractivity contribution in [2.45, 2.75) is 26.4 Å². The van der Waals surface area contributed by atoms with Crippen molar-refractivity contribution in [3.8, 4) is 0 Å². The van der Waals surface area contributed by atoms with E-state index in [2.05, 4.69) is 35.8 Å². The maximum absolute atomic E-state index is 9.46. The Morgan fingerprint density at radius 1 is 1.43 bits per heavy atom. The number of benzene rings is 1. The number of nitrogens with two attached hydrogens (primary N) is 1. The lowest BCUT2D eigenvalue weighted by molar-refractivity contribution is 0.183. The van der Waals surface area contributed by atoms with Crippen LogP contribution in [0.5, 0.6) is 0 Å². The van der Waals surface area contributed by atoms with Gasteiger partial charge in [-0.15, -0.1) is 0 Å². The van der Waals surface area contributed by atoms with Gasteiger partial charge >= 0.3 is 0 Å². The second kappa shape index (κ2) is 4.91. The van der Waals surface area contributed by atoms with Gasteiger partial charge in [-0.3, -0.25) is 0 Å². The standard InChI is InChI=1S/C11H16BrNO/c1-7-3-4-9(5-10(14)6-13)8(2)11(7)12/h3-4,10,14H,5-6,13H2,1-2H3. The van der Waals surface area contributed by atoms with Gasteiger partial charge in [0.25, 0.3) is 0 Å². The lowest BCUT2D eigenvalue weighted by Crippen LogP contribution is -2.22. The first-order chi connectivity index (χ1) is 6.56. The predicted octanol–water partition coefficient (Wildman–Crippen LogP) is 1.93. The van der Waals surface area contributed by atoms with Gasteiger partial charge in [-0.05, 0) is 37.0 Å². The summed E-state index contributed by atoms with van der Waals surface area (Å²) in [5.74, 6) is 0. The first-order valence-electron chi connectivity index (χ1n) is 4.69. The Hall–Kier alpha value is -0.380. The van der Waals surface area contributed by atoms with Crippen molar-refractivity contribution in [2.24, 2.45) is 5.73 Å². The molecule has 1 atom stereocenters. The minimum atomic E-state index is -0.441. The summed E-state index contributed by atoms with van der Waals surface area (Å²) in [5.41, 5.74) is 8.94. The Balaban J connectivity index is 2.94. The largest absolute Gasteiger partial charge is 0.391 e. The van der Waals surface area contributed by atoms with Crippen molar-refractivity contribution in [1.82, 2.24) is 0 Å². The summed E-state index contributed by atoms with van der Waals surface area (Å²) >= 11 is 3.53. The zero-order valence-corrected chi connectivity index (χ0v) is 10.1. The van der Waals surface area contributed by atoms with Gasteiger partial charge in [-0.1, -0.05) is 28.1 Å². The topological polar surface area (TPSA) is 46.2 Å². The number of hydrogen-bond acceptors (Lipinski definition) is 2.